The van der Waals surface area contributed by atoms with Crippen molar-refractivity contribution < 1.29 is 14.3 Å². The SMILES string of the molecule is COC(=O)c1ccc(Cl)c(NC(=O)c2cnc(NCc3ccccn3)nc2)c1. The molecule has 0 unspecified atom stereocenters. The zero-order chi connectivity index (χ0) is 19.9. The number of aromatic nitrogens is 3. The third-order valence-electron chi connectivity index (χ3n) is 3.70. The maximum absolute atomic E-state index is 12.4. The first-order valence-corrected chi connectivity index (χ1v) is 8.59. The van der Waals surface area contributed by atoms with E-state index in [2.05, 4.69) is 30.3 Å². The Hall–Kier alpha value is -3.52. The molecule has 0 radical (unpaired) electrons. The van der Waals surface area contributed by atoms with Crippen LogP contribution in [0.4, 0.5) is 11.6 Å². The van der Waals surface area contributed by atoms with Crippen molar-refractivity contribution in [1.29, 1.82) is 0 Å². The van der Waals surface area contributed by atoms with E-state index in [9.17, 15) is 9.59 Å². The molecule has 1 amide bonds. The quantitative estimate of drug-likeness (QED) is 0.615. The van der Waals surface area contributed by atoms with Crippen LogP contribution in [-0.2, 0) is 11.3 Å². The molecule has 3 rings (SSSR count). The van der Waals surface area contributed by atoms with Crippen LogP contribution in [0.15, 0.2) is 55.0 Å². The van der Waals surface area contributed by atoms with Crippen molar-refractivity contribution >= 4 is 35.1 Å². The number of carbonyl (C=O) groups excluding carboxylic acids is 2. The molecule has 0 saturated carbocycles. The molecular weight excluding hydrogens is 382 g/mol. The number of rotatable bonds is 6. The number of halogens is 1. The number of esters is 1. The van der Waals surface area contributed by atoms with Crippen LogP contribution in [0.2, 0.25) is 5.02 Å². The van der Waals surface area contributed by atoms with Gasteiger partial charge in [0.05, 0.1) is 41.2 Å². The Morgan fingerprint density at radius 1 is 1.07 bits per heavy atom. The number of carbonyl (C=O) groups is 2. The van der Waals surface area contributed by atoms with E-state index in [1.807, 2.05) is 18.2 Å². The van der Waals surface area contributed by atoms with Gasteiger partial charge in [-0.25, -0.2) is 14.8 Å². The largest absolute Gasteiger partial charge is 0.465 e. The number of pyridine rings is 1. The molecule has 0 spiro atoms. The predicted octanol–water partition coefficient (Wildman–Crippen LogP) is 3.18. The lowest BCUT2D eigenvalue weighted by Crippen LogP contribution is -2.14. The van der Waals surface area contributed by atoms with Gasteiger partial charge in [0.2, 0.25) is 5.95 Å². The first-order chi connectivity index (χ1) is 13.6. The Morgan fingerprint density at radius 3 is 2.54 bits per heavy atom. The molecule has 0 aliphatic rings. The van der Waals surface area contributed by atoms with Crippen molar-refractivity contribution in [3.8, 4) is 0 Å². The minimum absolute atomic E-state index is 0.239. The summed E-state index contributed by atoms with van der Waals surface area (Å²) in [5.41, 5.74) is 1.63. The van der Waals surface area contributed by atoms with Crippen LogP contribution in [-0.4, -0.2) is 33.9 Å². The molecule has 28 heavy (non-hydrogen) atoms. The third-order valence-corrected chi connectivity index (χ3v) is 4.03. The lowest BCUT2D eigenvalue weighted by Gasteiger charge is -2.09. The third kappa shape index (κ3) is 4.80. The average Bonchev–Trinajstić information content (AvgIpc) is 2.74. The van der Waals surface area contributed by atoms with Crippen molar-refractivity contribution in [3.05, 3.63) is 76.8 Å². The van der Waals surface area contributed by atoms with E-state index in [1.54, 1.807) is 6.20 Å². The molecule has 9 heteroatoms. The van der Waals surface area contributed by atoms with Gasteiger partial charge in [-0.15, -0.1) is 0 Å². The summed E-state index contributed by atoms with van der Waals surface area (Å²) in [5, 5.41) is 5.95. The molecule has 3 aromatic rings. The number of hydrogen-bond acceptors (Lipinski definition) is 7. The number of nitrogens with zero attached hydrogens (tertiary/aromatic N) is 3. The maximum Gasteiger partial charge on any atom is 0.337 e. The first kappa shape index (κ1) is 19.2. The van der Waals surface area contributed by atoms with E-state index >= 15 is 0 Å². The summed E-state index contributed by atoms with van der Waals surface area (Å²) in [6.07, 6.45) is 4.48. The van der Waals surface area contributed by atoms with Crippen LogP contribution in [0.25, 0.3) is 0 Å². The molecule has 2 heterocycles. The first-order valence-electron chi connectivity index (χ1n) is 8.22. The lowest BCUT2D eigenvalue weighted by atomic mass is 10.2. The highest BCUT2D eigenvalue weighted by Crippen LogP contribution is 2.24. The Balaban J connectivity index is 1.65. The number of methoxy groups -OCH3 is 1. The van der Waals surface area contributed by atoms with Crippen LogP contribution < -0.4 is 10.6 Å². The van der Waals surface area contributed by atoms with E-state index in [4.69, 9.17) is 11.6 Å². The molecule has 142 valence electrons. The van der Waals surface area contributed by atoms with Gasteiger partial charge in [0.1, 0.15) is 0 Å². The lowest BCUT2D eigenvalue weighted by molar-refractivity contribution is 0.0600. The number of hydrogen-bond donors (Lipinski definition) is 2. The summed E-state index contributed by atoms with van der Waals surface area (Å²) in [4.78, 5) is 36.5. The molecular formula is C19H16ClN5O3. The normalized spacial score (nSPS) is 10.2. The van der Waals surface area contributed by atoms with Crippen LogP contribution in [0, 0.1) is 0 Å². The number of anilines is 2. The van der Waals surface area contributed by atoms with Crippen molar-refractivity contribution in [3.63, 3.8) is 0 Å². The van der Waals surface area contributed by atoms with E-state index in [1.165, 1.54) is 37.7 Å². The van der Waals surface area contributed by atoms with Crippen LogP contribution in [0.1, 0.15) is 26.4 Å². The van der Waals surface area contributed by atoms with Crippen LogP contribution in [0.3, 0.4) is 0 Å². The van der Waals surface area contributed by atoms with Crippen molar-refractivity contribution in [2.24, 2.45) is 0 Å². The van der Waals surface area contributed by atoms with Gasteiger partial charge >= 0.3 is 5.97 Å². The summed E-state index contributed by atoms with van der Waals surface area (Å²) in [5.74, 6) is -0.619. The van der Waals surface area contributed by atoms with Gasteiger partial charge in [0.25, 0.3) is 5.91 Å². The maximum atomic E-state index is 12.4. The monoisotopic (exact) mass is 397 g/mol. The number of amides is 1. The number of nitrogens with one attached hydrogen (secondary N) is 2. The van der Waals surface area contributed by atoms with E-state index in [0.717, 1.165) is 5.69 Å². The van der Waals surface area contributed by atoms with Crippen molar-refractivity contribution in [1.82, 2.24) is 15.0 Å². The molecule has 0 fully saturated rings. The summed E-state index contributed by atoms with van der Waals surface area (Å²) < 4.78 is 4.66. The average molecular weight is 398 g/mol. The highest BCUT2D eigenvalue weighted by Gasteiger charge is 2.13. The molecule has 0 atom stereocenters. The molecule has 2 N–H and O–H groups in total. The van der Waals surface area contributed by atoms with E-state index in [0.29, 0.717) is 12.5 Å². The summed E-state index contributed by atoms with van der Waals surface area (Å²) in [6, 6.07) is 10.1. The van der Waals surface area contributed by atoms with Crippen molar-refractivity contribution in [2.45, 2.75) is 6.54 Å². The van der Waals surface area contributed by atoms with Crippen LogP contribution >= 0.6 is 11.6 Å². The molecule has 0 bridgehead atoms. The van der Waals surface area contributed by atoms with Gasteiger partial charge in [-0.3, -0.25) is 9.78 Å². The van der Waals surface area contributed by atoms with Gasteiger partial charge in [0, 0.05) is 18.6 Å². The van der Waals surface area contributed by atoms with Gasteiger partial charge in [-0.2, -0.15) is 0 Å². The fourth-order valence-corrected chi connectivity index (χ4v) is 2.43. The summed E-state index contributed by atoms with van der Waals surface area (Å²) in [6.45, 7) is 0.461. The molecule has 0 saturated heterocycles. The fraction of sp³-hybridized carbons (Fsp3) is 0.105. The second-order valence-electron chi connectivity index (χ2n) is 5.61. The topological polar surface area (TPSA) is 106 Å². The second kappa shape index (κ2) is 8.92. The molecule has 0 aliphatic carbocycles. The van der Waals surface area contributed by atoms with Crippen LogP contribution in [0.5, 0.6) is 0 Å². The Morgan fingerprint density at radius 2 is 1.86 bits per heavy atom. The zero-order valence-corrected chi connectivity index (χ0v) is 15.6. The number of ether oxygens (including phenoxy) is 1. The molecule has 1 aromatic carbocycles. The standard InChI is InChI=1S/C19H16ClN5O3/c1-28-18(27)12-5-6-15(20)16(8-12)25-17(26)13-9-22-19(23-10-13)24-11-14-4-2-3-7-21-14/h2-10H,11H2,1H3,(H,25,26)(H,22,23,24). The van der Waals surface area contributed by atoms with Gasteiger partial charge in [0.15, 0.2) is 0 Å². The predicted molar refractivity (Wildman–Crippen MR) is 104 cm³/mol. The van der Waals surface area contributed by atoms with E-state index < -0.39 is 11.9 Å². The smallest absolute Gasteiger partial charge is 0.337 e. The van der Waals surface area contributed by atoms with Crippen molar-refractivity contribution in [2.75, 3.05) is 17.7 Å². The van der Waals surface area contributed by atoms with Gasteiger partial charge in [-0.05, 0) is 30.3 Å². The minimum Gasteiger partial charge on any atom is -0.465 e. The summed E-state index contributed by atoms with van der Waals surface area (Å²) >= 11 is 6.09. The Kier molecular flexibility index (Phi) is 6.13. The summed E-state index contributed by atoms with van der Waals surface area (Å²) in [7, 11) is 1.27. The Labute approximate surface area is 166 Å². The minimum atomic E-state index is -0.529. The second-order valence-corrected chi connectivity index (χ2v) is 6.02. The molecule has 8 nitrogen and oxygen atoms in total. The highest BCUT2D eigenvalue weighted by molar-refractivity contribution is 6.34. The molecule has 0 aliphatic heterocycles. The zero-order valence-electron chi connectivity index (χ0n) is 14.8. The fourth-order valence-electron chi connectivity index (χ4n) is 2.27. The number of benzene rings is 1. The highest BCUT2D eigenvalue weighted by atomic mass is 35.5. The van der Waals surface area contributed by atoms with Gasteiger partial charge in [-0.1, -0.05) is 17.7 Å². The Bertz CT molecular complexity index is 981. The van der Waals surface area contributed by atoms with E-state index in [-0.39, 0.29) is 21.8 Å². The molecule has 2 aromatic heterocycles. The van der Waals surface area contributed by atoms with Gasteiger partial charge < -0.3 is 15.4 Å².